The topological polar surface area (TPSA) is 102 Å². The Hall–Kier alpha value is -1.96. The number of rotatable bonds is 9. The van der Waals surface area contributed by atoms with Gasteiger partial charge in [-0.25, -0.2) is 4.98 Å². The van der Waals surface area contributed by atoms with Crippen LogP contribution in [0.15, 0.2) is 6.20 Å². The maximum absolute atomic E-state index is 10.9. The first-order valence-corrected chi connectivity index (χ1v) is 6.71. The van der Waals surface area contributed by atoms with Gasteiger partial charge in [-0.05, 0) is 25.2 Å². The molecular formula is C12H19N5O3. The van der Waals surface area contributed by atoms with Gasteiger partial charge in [0.25, 0.3) is 0 Å². The van der Waals surface area contributed by atoms with E-state index in [-0.39, 0.29) is 11.5 Å². The first-order chi connectivity index (χ1) is 9.70. The van der Waals surface area contributed by atoms with E-state index in [1.54, 1.807) is 7.05 Å². The lowest BCUT2D eigenvalue weighted by Gasteiger charge is -2.07. The smallest absolute Gasteiger partial charge is 0.329 e. The zero-order valence-corrected chi connectivity index (χ0v) is 11.5. The van der Waals surface area contributed by atoms with Gasteiger partial charge in [-0.15, -0.1) is 0 Å². The molecule has 110 valence electrons. The Bertz CT molecular complexity index is 464. The van der Waals surface area contributed by atoms with E-state index in [1.807, 2.05) is 0 Å². The maximum atomic E-state index is 10.9. The van der Waals surface area contributed by atoms with Gasteiger partial charge in [-0.3, -0.25) is 10.1 Å². The Morgan fingerprint density at radius 2 is 2.35 bits per heavy atom. The van der Waals surface area contributed by atoms with E-state index in [2.05, 4.69) is 20.6 Å². The van der Waals surface area contributed by atoms with Crippen LogP contribution in [0.3, 0.4) is 0 Å². The fourth-order valence-corrected chi connectivity index (χ4v) is 1.68. The minimum Gasteiger partial charge on any atom is -0.381 e. The SMILES string of the molecule is CNc1ncc([N+](=O)[O-])c(NCCCOCC2CC2)n1. The van der Waals surface area contributed by atoms with Crippen molar-refractivity contribution in [1.29, 1.82) is 0 Å². The molecule has 1 aromatic rings. The minimum absolute atomic E-state index is 0.122. The van der Waals surface area contributed by atoms with Gasteiger partial charge < -0.3 is 15.4 Å². The summed E-state index contributed by atoms with van der Waals surface area (Å²) in [5, 5.41) is 16.6. The number of anilines is 2. The molecule has 1 heterocycles. The van der Waals surface area contributed by atoms with E-state index in [0.717, 1.165) is 18.9 Å². The summed E-state index contributed by atoms with van der Waals surface area (Å²) in [6.07, 6.45) is 4.53. The first-order valence-electron chi connectivity index (χ1n) is 6.71. The number of ether oxygens (including phenoxy) is 1. The molecule has 1 saturated carbocycles. The normalized spacial score (nSPS) is 14.1. The van der Waals surface area contributed by atoms with Crippen molar-refractivity contribution in [2.24, 2.45) is 5.92 Å². The molecule has 0 aromatic carbocycles. The molecule has 1 aromatic heterocycles. The van der Waals surface area contributed by atoms with Crippen LogP contribution in [0.2, 0.25) is 0 Å². The Labute approximate surface area is 117 Å². The zero-order chi connectivity index (χ0) is 14.4. The van der Waals surface area contributed by atoms with Gasteiger partial charge in [-0.2, -0.15) is 4.98 Å². The molecule has 20 heavy (non-hydrogen) atoms. The van der Waals surface area contributed by atoms with E-state index in [9.17, 15) is 10.1 Å². The number of nitrogens with one attached hydrogen (secondary N) is 2. The summed E-state index contributed by atoms with van der Waals surface area (Å²) in [5.41, 5.74) is -0.122. The van der Waals surface area contributed by atoms with Crippen LogP contribution in [0.4, 0.5) is 17.5 Å². The first kappa shape index (κ1) is 14.4. The van der Waals surface area contributed by atoms with Crippen LogP contribution in [-0.2, 0) is 4.74 Å². The highest BCUT2D eigenvalue weighted by atomic mass is 16.6. The third-order valence-corrected chi connectivity index (χ3v) is 3.00. The van der Waals surface area contributed by atoms with Crippen LogP contribution >= 0.6 is 0 Å². The fourth-order valence-electron chi connectivity index (χ4n) is 1.68. The summed E-state index contributed by atoms with van der Waals surface area (Å²) in [7, 11) is 1.66. The lowest BCUT2D eigenvalue weighted by Crippen LogP contribution is -2.11. The van der Waals surface area contributed by atoms with Gasteiger partial charge in [-0.1, -0.05) is 0 Å². The van der Waals surface area contributed by atoms with Gasteiger partial charge >= 0.3 is 5.69 Å². The van der Waals surface area contributed by atoms with Crippen molar-refractivity contribution < 1.29 is 9.66 Å². The Morgan fingerprint density at radius 3 is 3.00 bits per heavy atom. The van der Waals surface area contributed by atoms with Crippen molar-refractivity contribution in [3.63, 3.8) is 0 Å². The lowest BCUT2D eigenvalue weighted by molar-refractivity contribution is -0.384. The van der Waals surface area contributed by atoms with Gasteiger partial charge in [0.2, 0.25) is 11.8 Å². The largest absolute Gasteiger partial charge is 0.381 e. The molecule has 1 aliphatic rings. The molecule has 0 saturated heterocycles. The predicted octanol–water partition coefficient (Wildman–Crippen LogP) is 1.66. The number of nitro groups is 1. The average molecular weight is 281 g/mol. The molecule has 0 bridgehead atoms. The number of nitrogens with zero attached hydrogens (tertiary/aromatic N) is 3. The molecule has 8 nitrogen and oxygen atoms in total. The summed E-state index contributed by atoms with van der Waals surface area (Å²) in [5.74, 6) is 1.34. The molecule has 0 unspecified atom stereocenters. The maximum Gasteiger partial charge on any atom is 0.329 e. The lowest BCUT2D eigenvalue weighted by atomic mass is 10.4. The molecule has 2 rings (SSSR count). The molecule has 1 fully saturated rings. The summed E-state index contributed by atoms with van der Waals surface area (Å²) < 4.78 is 5.50. The average Bonchev–Trinajstić information content (AvgIpc) is 3.26. The molecule has 1 aliphatic carbocycles. The van der Waals surface area contributed by atoms with Crippen LogP contribution < -0.4 is 10.6 Å². The monoisotopic (exact) mass is 281 g/mol. The quantitative estimate of drug-likeness (QED) is 0.403. The highest BCUT2D eigenvalue weighted by Crippen LogP contribution is 2.28. The zero-order valence-electron chi connectivity index (χ0n) is 11.5. The van der Waals surface area contributed by atoms with Crippen LogP contribution in [0.25, 0.3) is 0 Å². The van der Waals surface area contributed by atoms with E-state index in [4.69, 9.17) is 4.74 Å². The van der Waals surface area contributed by atoms with Crippen LogP contribution in [0.5, 0.6) is 0 Å². The summed E-state index contributed by atoms with van der Waals surface area (Å²) in [4.78, 5) is 18.3. The molecule has 0 radical (unpaired) electrons. The van der Waals surface area contributed by atoms with Crippen LogP contribution in [0, 0.1) is 16.0 Å². The van der Waals surface area contributed by atoms with Crippen molar-refractivity contribution in [1.82, 2.24) is 9.97 Å². The number of aromatic nitrogens is 2. The third kappa shape index (κ3) is 4.30. The van der Waals surface area contributed by atoms with Crippen molar-refractivity contribution in [2.75, 3.05) is 37.4 Å². The molecule has 0 amide bonds. The highest BCUT2D eigenvalue weighted by Gasteiger charge is 2.21. The molecule has 8 heteroatoms. The Balaban J connectivity index is 1.78. The number of hydrogen-bond donors (Lipinski definition) is 2. The van der Waals surface area contributed by atoms with E-state index >= 15 is 0 Å². The molecule has 0 spiro atoms. The Morgan fingerprint density at radius 1 is 1.55 bits per heavy atom. The van der Waals surface area contributed by atoms with Gasteiger partial charge in [0.1, 0.15) is 6.20 Å². The summed E-state index contributed by atoms with van der Waals surface area (Å²) in [6, 6.07) is 0. The summed E-state index contributed by atoms with van der Waals surface area (Å²) in [6.45, 7) is 2.06. The molecule has 2 N–H and O–H groups in total. The summed E-state index contributed by atoms with van der Waals surface area (Å²) >= 11 is 0. The minimum atomic E-state index is -0.495. The van der Waals surface area contributed by atoms with Crippen molar-refractivity contribution in [3.05, 3.63) is 16.3 Å². The molecular weight excluding hydrogens is 262 g/mol. The standard InChI is InChI=1S/C12H19N5O3/c1-13-12-15-7-10(17(18)19)11(16-12)14-5-2-6-20-8-9-3-4-9/h7,9H,2-6,8H2,1H3,(H2,13,14,15,16). The predicted molar refractivity (Wildman–Crippen MR) is 74.9 cm³/mol. The van der Waals surface area contributed by atoms with Crippen molar-refractivity contribution >= 4 is 17.5 Å². The van der Waals surface area contributed by atoms with E-state index in [0.29, 0.717) is 19.1 Å². The van der Waals surface area contributed by atoms with Gasteiger partial charge in [0.15, 0.2) is 0 Å². The second kappa shape index (κ2) is 6.99. The number of hydrogen-bond acceptors (Lipinski definition) is 7. The molecule has 0 atom stereocenters. The third-order valence-electron chi connectivity index (χ3n) is 3.00. The van der Waals surface area contributed by atoms with Crippen LogP contribution in [-0.4, -0.2) is 41.7 Å². The van der Waals surface area contributed by atoms with Gasteiger partial charge in [0.05, 0.1) is 4.92 Å². The van der Waals surface area contributed by atoms with Crippen molar-refractivity contribution in [2.45, 2.75) is 19.3 Å². The van der Waals surface area contributed by atoms with Gasteiger partial charge in [0, 0.05) is 26.8 Å². The van der Waals surface area contributed by atoms with Crippen molar-refractivity contribution in [3.8, 4) is 0 Å². The highest BCUT2D eigenvalue weighted by molar-refractivity contribution is 5.56. The second-order valence-corrected chi connectivity index (χ2v) is 4.73. The van der Waals surface area contributed by atoms with E-state index in [1.165, 1.54) is 19.0 Å². The van der Waals surface area contributed by atoms with E-state index < -0.39 is 4.92 Å². The molecule has 0 aliphatic heterocycles. The fraction of sp³-hybridized carbons (Fsp3) is 0.667. The van der Waals surface area contributed by atoms with Crippen LogP contribution in [0.1, 0.15) is 19.3 Å². The second-order valence-electron chi connectivity index (χ2n) is 4.73. The Kier molecular flexibility index (Phi) is 5.05.